The van der Waals surface area contributed by atoms with E-state index in [0.29, 0.717) is 47.0 Å². The number of carbonyl (C=O) groups excluding carboxylic acids is 1. The topological polar surface area (TPSA) is 77.7 Å². The molecule has 3 aromatic rings. The zero-order valence-corrected chi connectivity index (χ0v) is 16.3. The lowest BCUT2D eigenvalue weighted by Gasteiger charge is -2.31. The third kappa shape index (κ3) is 3.53. The molecule has 148 valence electrons. The summed E-state index contributed by atoms with van der Waals surface area (Å²) in [6.07, 6.45) is 1.76. The number of nitrogens with zero attached hydrogens (tertiary/aromatic N) is 3. The molecule has 29 heavy (non-hydrogen) atoms. The first kappa shape index (κ1) is 18.0. The highest BCUT2D eigenvalue weighted by atomic mass is 35.5. The second-order valence-electron chi connectivity index (χ2n) is 7.11. The molecule has 0 saturated carbocycles. The molecule has 0 unspecified atom stereocenters. The molecule has 2 aliphatic rings. The molecule has 0 radical (unpaired) electrons. The van der Waals surface area contributed by atoms with Crippen molar-refractivity contribution in [3.8, 4) is 23.0 Å². The number of likely N-dealkylation sites (tertiary alicyclic amines) is 1. The van der Waals surface area contributed by atoms with Gasteiger partial charge in [0.25, 0.3) is 5.91 Å². The highest BCUT2D eigenvalue weighted by Crippen LogP contribution is 2.36. The highest BCUT2D eigenvalue weighted by molar-refractivity contribution is 6.30. The van der Waals surface area contributed by atoms with Crippen LogP contribution in [0.2, 0.25) is 5.02 Å². The largest absolute Gasteiger partial charge is 0.454 e. The Morgan fingerprint density at radius 3 is 2.90 bits per heavy atom. The Labute approximate surface area is 172 Å². The molecule has 1 saturated heterocycles. The van der Waals surface area contributed by atoms with Gasteiger partial charge in [-0.2, -0.15) is 0 Å². The quantitative estimate of drug-likeness (QED) is 0.644. The van der Waals surface area contributed by atoms with E-state index in [1.807, 2.05) is 23.1 Å². The van der Waals surface area contributed by atoms with Crippen molar-refractivity contribution < 1.29 is 18.7 Å². The minimum Gasteiger partial charge on any atom is -0.454 e. The van der Waals surface area contributed by atoms with Crippen molar-refractivity contribution in [2.24, 2.45) is 0 Å². The lowest BCUT2D eigenvalue weighted by molar-refractivity contribution is 0.0698. The summed E-state index contributed by atoms with van der Waals surface area (Å²) in [4.78, 5) is 14.7. The predicted octanol–water partition coefficient (Wildman–Crippen LogP) is 4.14. The summed E-state index contributed by atoms with van der Waals surface area (Å²) in [5, 5.41) is 8.99. The molecule has 3 heterocycles. The molecular formula is C21H18ClN3O4. The van der Waals surface area contributed by atoms with Gasteiger partial charge in [0.1, 0.15) is 0 Å². The lowest BCUT2D eigenvalue weighted by atomic mass is 9.97. The van der Waals surface area contributed by atoms with E-state index >= 15 is 0 Å². The van der Waals surface area contributed by atoms with E-state index in [2.05, 4.69) is 10.2 Å². The van der Waals surface area contributed by atoms with Crippen LogP contribution in [0, 0.1) is 0 Å². The molecule has 1 fully saturated rings. The van der Waals surface area contributed by atoms with E-state index in [0.717, 1.165) is 18.4 Å². The number of hydrogen-bond donors (Lipinski definition) is 0. The zero-order chi connectivity index (χ0) is 19.8. The second-order valence-corrected chi connectivity index (χ2v) is 7.55. The number of benzene rings is 2. The molecule has 1 amide bonds. The maximum atomic E-state index is 12.8. The first-order valence-corrected chi connectivity index (χ1v) is 9.83. The van der Waals surface area contributed by atoms with Crippen molar-refractivity contribution in [2.45, 2.75) is 18.8 Å². The minimum absolute atomic E-state index is 0.00199. The Kier molecular flexibility index (Phi) is 4.60. The maximum absolute atomic E-state index is 12.8. The molecular weight excluding hydrogens is 394 g/mol. The van der Waals surface area contributed by atoms with Crippen LogP contribution in [0.25, 0.3) is 11.5 Å². The molecule has 7 nitrogen and oxygen atoms in total. The molecule has 2 aromatic carbocycles. The van der Waals surface area contributed by atoms with Crippen LogP contribution < -0.4 is 9.47 Å². The molecule has 2 aliphatic heterocycles. The highest BCUT2D eigenvalue weighted by Gasteiger charge is 2.29. The van der Waals surface area contributed by atoms with Crippen molar-refractivity contribution in [1.29, 1.82) is 0 Å². The van der Waals surface area contributed by atoms with E-state index in [1.165, 1.54) is 0 Å². The summed E-state index contributed by atoms with van der Waals surface area (Å²) >= 11 is 6.03. The van der Waals surface area contributed by atoms with Crippen LogP contribution in [0.3, 0.4) is 0 Å². The van der Waals surface area contributed by atoms with E-state index in [-0.39, 0.29) is 18.6 Å². The van der Waals surface area contributed by atoms with Crippen LogP contribution in [0.1, 0.15) is 35.0 Å². The summed E-state index contributed by atoms with van der Waals surface area (Å²) in [5.74, 6) is 2.31. The van der Waals surface area contributed by atoms with Crippen molar-refractivity contribution >= 4 is 17.5 Å². The van der Waals surface area contributed by atoms with Crippen LogP contribution >= 0.6 is 11.6 Å². The van der Waals surface area contributed by atoms with Gasteiger partial charge < -0.3 is 18.8 Å². The Hall–Kier alpha value is -3.06. The normalized spacial score (nSPS) is 18.1. The van der Waals surface area contributed by atoms with Gasteiger partial charge in [0, 0.05) is 29.2 Å². The summed E-state index contributed by atoms with van der Waals surface area (Å²) in [5.41, 5.74) is 1.36. The van der Waals surface area contributed by atoms with E-state index in [4.69, 9.17) is 25.5 Å². The Morgan fingerprint density at radius 1 is 1.10 bits per heavy atom. The summed E-state index contributed by atoms with van der Waals surface area (Å²) in [7, 11) is 0. The molecule has 8 heteroatoms. The van der Waals surface area contributed by atoms with Crippen LogP contribution in [-0.2, 0) is 0 Å². The third-order valence-corrected chi connectivity index (χ3v) is 5.42. The van der Waals surface area contributed by atoms with Gasteiger partial charge in [-0.15, -0.1) is 10.2 Å². The number of carbonyl (C=O) groups is 1. The average molecular weight is 412 g/mol. The Balaban J connectivity index is 1.33. The summed E-state index contributed by atoms with van der Waals surface area (Å²) in [6.45, 7) is 1.45. The third-order valence-electron chi connectivity index (χ3n) is 5.19. The monoisotopic (exact) mass is 411 g/mol. The van der Waals surface area contributed by atoms with Gasteiger partial charge in [-0.3, -0.25) is 4.79 Å². The van der Waals surface area contributed by atoms with Crippen molar-refractivity contribution in [3.63, 3.8) is 0 Å². The maximum Gasteiger partial charge on any atom is 0.253 e. The summed E-state index contributed by atoms with van der Waals surface area (Å²) in [6, 6.07) is 12.5. The van der Waals surface area contributed by atoms with Crippen molar-refractivity contribution in [3.05, 3.63) is 58.9 Å². The first-order valence-electron chi connectivity index (χ1n) is 9.45. The number of hydrogen-bond acceptors (Lipinski definition) is 6. The number of aromatic nitrogens is 2. The molecule has 5 rings (SSSR count). The smallest absolute Gasteiger partial charge is 0.253 e. The van der Waals surface area contributed by atoms with Crippen LogP contribution in [0.15, 0.2) is 46.9 Å². The zero-order valence-electron chi connectivity index (χ0n) is 15.5. The lowest BCUT2D eigenvalue weighted by Crippen LogP contribution is -2.39. The van der Waals surface area contributed by atoms with Gasteiger partial charge in [0.2, 0.25) is 18.6 Å². The van der Waals surface area contributed by atoms with Crippen molar-refractivity contribution in [1.82, 2.24) is 15.1 Å². The molecule has 0 N–H and O–H groups in total. The van der Waals surface area contributed by atoms with Gasteiger partial charge in [-0.25, -0.2) is 0 Å². The van der Waals surface area contributed by atoms with Gasteiger partial charge in [0.15, 0.2) is 11.5 Å². The van der Waals surface area contributed by atoms with Gasteiger partial charge in [-0.05, 0) is 49.2 Å². The SMILES string of the molecule is O=C(c1cccc(Cl)c1)N1CCC[C@@H](c2nnc(-c3ccc4c(c3)OCO4)o2)C1. The fraction of sp³-hybridized carbons (Fsp3) is 0.286. The van der Waals surface area contributed by atoms with E-state index < -0.39 is 0 Å². The molecule has 1 aromatic heterocycles. The number of amides is 1. The van der Waals surface area contributed by atoms with Crippen LogP contribution in [0.5, 0.6) is 11.5 Å². The number of halogens is 1. The number of ether oxygens (including phenoxy) is 2. The van der Waals surface area contributed by atoms with Crippen LogP contribution in [0.4, 0.5) is 0 Å². The first-order chi connectivity index (χ1) is 14.2. The fourth-order valence-corrected chi connectivity index (χ4v) is 3.90. The molecule has 0 aliphatic carbocycles. The van der Waals surface area contributed by atoms with Crippen LogP contribution in [-0.4, -0.2) is 40.9 Å². The number of piperidine rings is 1. The molecule has 0 bridgehead atoms. The minimum atomic E-state index is -0.0345. The van der Waals surface area contributed by atoms with Gasteiger partial charge >= 0.3 is 0 Å². The average Bonchev–Trinajstić information content (AvgIpc) is 3.42. The van der Waals surface area contributed by atoms with Gasteiger partial charge in [-0.1, -0.05) is 17.7 Å². The summed E-state index contributed by atoms with van der Waals surface area (Å²) < 4.78 is 16.7. The molecule has 0 spiro atoms. The fourth-order valence-electron chi connectivity index (χ4n) is 3.71. The van der Waals surface area contributed by atoms with Crippen molar-refractivity contribution in [2.75, 3.05) is 19.9 Å². The predicted molar refractivity (Wildman–Crippen MR) is 105 cm³/mol. The van der Waals surface area contributed by atoms with Gasteiger partial charge in [0.05, 0.1) is 5.92 Å². The van der Waals surface area contributed by atoms with E-state index in [9.17, 15) is 4.79 Å². The number of fused-ring (bicyclic) bond motifs is 1. The molecule has 1 atom stereocenters. The number of rotatable bonds is 3. The standard InChI is InChI=1S/C21H18ClN3O4/c22-16-5-1-3-14(9-16)21(26)25-8-2-4-15(11-25)20-24-23-19(29-20)13-6-7-17-18(10-13)28-12-27-17/h1,3,5-7,9-10,15H,2,4,8,11-12H2/t15-/m1/s1. The van der Waals surface area contributed by atoms with E-state index in [1.54, 1.807) is 24.3 Å². The Bertz CT molecular complexity index is 1070. The Morgan fingerprint density at radius 2 is 2.00 bits per heavy atom. The second kappa shape index (κ2) is 7.40.